The lowest BCUT2D eigenvalue weighted by atomic mass is 10.0. The number of nitrogens with zero attached hydrogens (tertiary/aromatic N) is 3. The minimum atomic E-state index is 0.440. The second kappa shape index (κ2) is 12.0. The summed E-state index contributed by atoms with van der Waals surface area (Å²) < 4.78 is 9.39. The van der Waals surface area contributed by atoms with E-state index in [0.29, 0.717) is 23.6 Å². The van der Waals surface area contributed by atoms with Gasteiger partial charge in [0.05, 0.1) is 17.5 Å². The van der Waals surface area contributed by atoms with Crippen LogP contribution < -0.4 is 20.3 Å². The van der Waals surface area contributed by atoms with E-state index in [0.717, 1.165) is 32.4 Å². The summed E-state index contributed by atoms with van der Waals surface area (Å²) in [6.45, 7) is 4.65. The van der Waals surface area contributed by atoms with E-state index < -0.39 is 0 Å². The molecule has 3 heterocycles. The Morgan fingerprint density at radius 3 is 2.66 bits per heavy atom. The highest BCUT2D eigenvalue weighted by molar-refractivity contribution is 8.00. The summed E-state index contributed by atoms with van der Waals surface area (Å²) in [7, 11) is 0. The maximum Gasteiger partial charge on any atom is 0.192 e. The number of rotatable bonds is 7. The van der Waals surface area contributed by atoms with Gasteiger partial charge in [-0.25, -0.2) is 10.4 Å². The van der Waals surface area contributed by atoms with Gasteiger partial charge in [0.25, 0.3) is 0 Å². The van der Waals surface area contributed by atoms with Crippen LogP contribution in [0, 0.1) is 11.3 Å². The topological polar surface area (TPSA) is 94.9 Å². The molecule has 0 fully saturated rings. The Bertz CT molecular complexity index is 1330. The summed E-state index contributed by atoms with van der Waals surface area (Å²) in [4.78, 5) is 9.70. The van der Waals surface area contributed by atoms with E-state index in [2.05, 4.69) is 31.6 Å². The van der Waals surface area contributed by atoms with E-state index in [4.69, 9.17) is 4.74 Å². The molecule has 2 aromatic carbocycles. The summed E-state index contributed by atoms with van der Waals surface area (Å²) in [5.74, 6) is 1.07. The van der Waals surface area contributed by atoms with Crippen molar-refractivity contribution in [3.8, 4) is 28.8 Å². The molecule has 0 bridgehead atoms. The van der Waals surface area contributed by atoms with Crippen LogP contribution in [0.25, 0.3) is 16.8 Å². The van der Waals surface area contributed by atoms with Gasteiger partial charge >= 0.3 is 0 Å². The summed E-state index contributed by atoms with van der Waals surface area (Å²) in [5, 5.41) is 12.4. The number of nitriles is 1. The van der Waals surface area contributed by atoms with Gasteiger partial charge in [-0.05, 0) is 41.8 Å². The average molecular weight is 501 g/mol. The molecule has 0 saturated carbocycles. The van der Waals surface area contributed by atoms with Crippen molar-refractivity contribution in [3.63, 3.8) is 0 Å². The average Bonchev–Trinajstić information content (AvgIpc) is 3.65. The molecule has 0 spiro atoms. The van der Waals surface area contributed by atoms with E-state index in [1.807, 2.05) is 67.9 Å². The molecule has 1 aliphatic rings. The van der Waals surface area contributed by atoms with Crippen molar-refractivity contribution in [1.82, 2.24) is 20.8 Å². The van der Waals surface area contributed by atoms with Crippen LogP contribution in [-0.2, 0) is 0 Å². The van der Waals surface area contributed by atoms with Gasteiger partial charge in [0.1, 0.15) is 11.8 Å². The van der Waals surface area contributed by atoms with E-state index in [-0.39, 0.29) is 0 Å². The SMILES string of the molecule is CC.N#Cc1cc(SNc2nccs2)ccc1Oc1cnc(-c2ccccc2)cc1C1=CNNC1. The second-order valence-corrected chi connectivity index (χ2v) is 8.79. The number of aromatic nitrogens is 2. The van der Waals surface area contributed by atoms with Gasteiger partial charge < -0.3 is 14.9 Å². The zero-order valence-corrected chi connectivity index (χ0v) is 20.9. The van der Waals surface area contributed by atoms with Gasteiger partial charge in [-0.3, -0.25) is 4.98 Å². The minimum Gasteiger partial charge on any atom is -0.454 e. The van der Waals surface area contributed by atoms with Crippen molar-refractivity contribution in [2.75, 3.05) is 11.3 Å². The molecule has 0 amide bonds. The fraction of sp³-hybridized carbons (Fsp3) is 0.115. The van der Waals surface area contributed by atoms with Crippen LogP contribution in [0.2, 0.25) is 0 Å². The third-order valence-corrected chi connectivity index (χ3v) is 6.49. The quantitative estimate of drug-likeness (QED) is 0.249. The Balaban J connectivity index is 0.00000141. The number of thiazole rings is 1. The van der Waals surface area contributed by atoms with Crippen molar-refractivity contribution >= 4 is 34.0 Å². The van der Waals surface area contributed by atoms with Crippen LogP contribution in [-0.4, -0.2) is 16.5 Å². The van der Waals surface area contributed by atoms with Crippen LogP contribution >= 0.6 is 23.3 Å². The summed E-state index contributed by atoms with van der Waals surface area (Å²) in [6, 6.07) is 19.8. The lowest BCUT2D eigenvalue weighted by Crippen LogP contribution is -2.20. The molecule has 35 heavy (non-hydrogen) atoms. The molecule has 4 aromatic rings. The highest BCUT2D eigenvalue weighted by Crippen LogP contribution is 2.35. The van der Waals surface area contributed by atoms with Crippen LogP contribution in [0.15, 0.2) is 83.5 Å². The Labute approximate surface area is 213 Å². The lowest BCUT2D eigenvalue weighted by molar-refractivity contribution is 0.476. The summed E-state index contributed by atoms with van der Waals surface area (Å²) in [5.41, 5.74) is 10.4. The summed E-state index contributed by atoms with van der Waals surface area (Å²) >= 11 is 2.91. The molecule has 2 aromatic heterocycles. The van der Waals surface area contributed by atoms with E-state index in [1.165, 1.54) is 23.3 Å². The van der Waals surface area contributed by atoms with Gasteiger partial charge in [-0.2, -0.15) is 5.26 Å². The molecule has 9 heteroatoms. The molecule has 176 valence electrons. The van der Waals surface area contributed by atoms with Gasteiger partial charge in [0.15, 0.2) is 10.9 Å². The van der Waals surface area contributed by atoms with Gasteiger partial charge in [-0.1, -0.05) is 44.2 Å². The standard InChI is InChI=1S/C24H18N6OS2.C2H6/c25-12-17-10-19(33-30-24-26-8-9-32-24)6-7-22(17)31-23-15-27-21(16-4-2-1-3-5-16)11-20(23)18-13-28-29-14-18;1-2/h1-11,13,15,28-29H,14H2,(H,26,30);1-2H3. The van der Waals surface area contributed by atoms with Crippen LogP contribution in [0.5, 0.6) is 11.5 Å². The number of pyridine rings is 1. The fourth-order valence-corrected chi connectivity index (χ4v) is 4.55. The Morgan fingerprint density at radius 2 is 1.94 bits per heavy atom. The normalized spacial score (nSPS) is 12.0. The zero-order chi connectivity index (χ0) is 24.5. The van der Waals surface area contributed by atoms with Crippen molar-refractivity contribution in [2.45, 2.75) is 18.7 Å². The van der Waals surface area contributed by atoms with E-state index >= 15 is 0 Å². The molecule has 0 saturated heterocycles. The van der Waals surface area contributed by atoms with Crippen molar-refractivity contribution < 1.29 is 4.74 Å². The van der Waals surface area contributed by atoms with Crippen molar-refractivity contribution in [1.29, 1.82) is 5.26 Å². The number of benzene rings is 2. The van der Waals surface area contributed by atoms with Crippen LogP contribution in [0.1, 0.15) is 25.0 Å². The molecule has 7 nitrogen and oxygen atoms in total. The highest BCUT2D eigenvalue weighted by Gasteiger charge is 2.17. The lowest BCUT2D eigenvalue weighted by Gasteiger charge is -2.14. The Hall–Kier alpha value is -3.84. The molecule has 0 aliphatic carbocycles. The largest absolute Gasteiger partial charge is 0.454 e. The predicted octanol–water partition coefficient (Wildman–Crippen LogP) is 6.46. The van der Waals surface area contributed by atoms with E-state index in [9.17, 15) is 5.26 Å². The molecule has 0 atom stereocenters. The fourth-order valence-electron chi connectivity index (χ4n) is 3.29. The number of nitrogens with one attached hydrogen (secondary N) is 3. The zero-order valence-electron chi connectivity index (χ0n) is 19.3. The molecule has 0 unspecified atom stereocenters. The summed E-state index contributed by atoms with van der Waals surface area (Å²) in [6.07, 6.45) is 5.36. The Morgan fingerprint density at radius 1 is 1.09 bits per heavy atom. The Kier molecular flexibility index (Phi) is 8.35. The third kappa shape index (κ3) is 6.00. The maximum absolute atomic E-state index is 9.73. The molecular weight excluding hydrogens is 476 g/mol. The highest BCUT2D eigenvalue weighted by atomic mass is 32.2. The molecular formula is C26H24N6OS2. The third-order valence-electron chi connectivity index (χ3n) is 4.89. The smallest absolute Gasteiger partial charge is 0.192 e. The first-order chi connectivity index (χ1) is 17.3. The second-order valence-electron chi connectivity index (χ2n) is 7.01. The van der Waals surface area contributed by atoms with Crippen molar-refractivity contribution in [3.05, 3.63) is 89.7 Å². The molecule has 0 radical (unpaired) electrons. The molecule has 3 N–H and O–H groups in total. The first-order valence-corrected chi connectivity index (χ1v) is 12.8. The first-order valence-electron chi connectivity index (χ1n) is 11.1. The van der Waals surface area contributed by atoms with Gasteiger partial charge in [0, 0.05) is 40.3 Å². The minimum absolute atomic E-state index is 0.440. The predicted molar refractivity (Wildman–Crippen MR) is 143 cm³/mol. The number of hydrogen-bond donors (Lipinski definition) is 3. The van der Waals surface area contributed by atoms with Crippen LogP contribution in [0.3, 0.4) is 0 Å². The van der Waals surface area contributed by atoms with Crippen molar-refractivity contribution in [2.24, 2.45) is 0 Å². The number of anilines is 1. The number of ether oxygens (including phenoxy) is 1. The van der Waals surface area contributed by atoms with Gasteiger partial charge in [-0.15, -0.1) is 11.3 Å². The van der Waals surface area contributed by atoms with Crippen LogP contribution in [0.4, 0.5) is 5.13 Å². The van der Waals surface area contributed by atoms with E-state index in [1.54, 1.807) is 24.5 Å². The van der Waals surface area contributed by atoms with Gasteiger partial charge in [0.2, 0.25) is 0 Å². The molecule has 5 rings (SSSR count). The monoisotopic (exact) mass is 500 g/mol. The maximum atomic E-state index is 9.73. The number of hydrogen-bond acceptors (Lipinski definition) is 9. The molecule has 1 aliphatic heterocycles. The number of hydrazine groups is 1. The first kappa shape index (κ1) is 24.3.